The molecule has 1 saturated carbocycles. The van der Waals surface area contributed by atoms with Crippen LogP contribution in [0.15, 0.2) is 24.3 Å². The van der Waals surface area contributed by atoms with Crippen molar-refractivity contribution in [3.63, 3.8) is 0 Å². The van der Waals surface area contributed by atoms with E-state index in [0.717, 1.165) is 19.3 Å². The Bertz CT molecular complexity index is 544. The second-order valence-electron chi connectivity index (χ2n) is 5.61. The molecule has 0 spiro atoms. The number of terminal acetylenes is 1. The van der Waals surface area contributed by atoms with E-state index in [1.54, 1.807) is 19.9 Å². The maximum atomic E-state index is 13.3. The van der Waals surface area contributed by atoms with Crippen molar-refractivity contribution in [1.29, 1.82) is 0 Å². The molecule has 1 aromatic carbocycles. The number of benzene rings is 1. The van der Waals surface area contributed by atoms with Gasteiger partial charge in [0.2, 0.25) is 0 Å². The molecule has 4 heteroatoms. The molecule has 0 heterocycles. The first-order valence-electron chi connectivity index (χ1n) is 6.78. The van der Waals surface area contributed by atoms with E-state index in [1.807, 2.05) is 0 Å². The van der Waals surface area contributed by atoms with Crippen LogP contribution in [0.4, 0.5) is 4.39 Å². The van der Waals surface area contributed by atoms with Gasteiger partial charge in [0.25, 0.3) is 5.91 Å². The van der Waals surface area contributed by atoms with Crippen molar-refractivity contribution in [2.24, 2.45) is 0 Å². The number of carbonyl (C=O) groups excluding carboxylic acids is 1. The lowest BCUT2D eigenvalue weighted by molar-refractivity contribution is 0.0351. The van der Waals surface area contributed by atoms with Crippen LogP contribution in [0.5, 0.6) is 0 Å². The zero-order chi connectivity index (χ0) is 14.8. The van der Waals surface area contributed by atoms with E-state index in [-0.39, 0.29) is 11.9 Å². The summed E-state index contributed by atoms with van der Waals surface area (Å²) in [5.41, 5.74) is 2.69. The molecule has 20 heavy (non-hydrogen) atoms. The van der Waals surface area contributed by atoms with Crippen molar-refractivity contribution >= 4 is 5.91 Å². The highest BCUT2D eigenvalue weighted by atomic mass is 19.1. The number of nitrogens with zero attached hydrogens (tertiary/aromatic N) is 1. The zero-order valence-electron chi connectivity index (χ0n) is 11.8. The van der Waals surface area contributed by atoms with E-state index >= 15 is 0 Å². The van der Waals surface area contributed by atoms with Gasteiger partial charge in [-0.3, -0.25) is 9.80 Å². The van der Waals surface area contributed by atoms with Crippen LogP contribution in [0.25, 0.3) is 0 Å². The minimum absolute atomic E-state index is 0.264. The number of halogens is 1. The lowest BCUT2D eigenvalue weighted by atomic mass is 9.93. The largest absolute Gasteiger partial charge is 0.269 e. The molecule has 2 rings (SSSR count). The number of hydrazine groups is 1. The number of carbonyl (C=O) groups is 1. The Balaban J connectivity index is 2.25. The average molecular weight is 274 g/mol. The summed E-state index contributed by atoms with van der Waals surface area (Å²) in [5.74, 6) is 1.87. The summed E-state index contributed by atoms with van der Waals surface area (Å²) in [6.07, 6.45) is 8.72. The first-order chi connectivity index (χ1) is 9.44. The Morgan fingerprint density at radius 3 is 2.70 bits per heavy atom. The van der Waals surface area contributed by atoms with Crippen molar-refractivity contribution < 1.29 is 9.18 Å². The Labute approximate surface area is 119 Å². The van der Waals surface area contributed by atoms with Gasteiger partial charge in [0.1, 0.15) is 11.4 Å². The van der Waals surface area contributed by atoms with E-state index in [2.05, 4.69) is 11.3 Å². The summed E-state index contributed by atoms with van der Waals surface area (Å²) in [7, 11) is 0. The van der Waals surface area contributed by atoms with Gasteiger partial charge in [-0.2, -0.15) is 0 Å². The van der Waals surface area contributed by atoms with Gasteiger partial charge < -0.3 is 0 Å². The second kappa shape index (κ2) is 5.64. The van der Waals surface area contributed by atoms with Gasteiger partial charge in [0.05, 0.1) is 0 Å². The van der Waals surface area contributed by atoms with E-state index in [1.165, 1.54) is 23.2 Å². The summed E-state index contributed by atoms with van der Waals surface area (Å²) in [5, 5.41) is 1.45. The molecule has 0 radical (unpaired) electrons. The molecule has 0 unspecified atom stereocenters. The van der Waals surface area contributed by atoms with Crippen molar-refractivity contribution in [2.45, 2.75) is 44.7 Å². The predicted molar refractivity (Wildman–Crippen MR) is 76.3 cm³/mol. The Kier molecular flexibility index (Phi) is 4.10. The number of amides is 1. The van der Waals surface area contributed by atoms with E-state index in [4.69, 9.17) is 6.42 Å². The smallest absolute Gasteiger partial charge is 0.268 e. The lowest BCUT2D eigenvalue weighted by Gasteiger charge is -2.40. The van der Waals surface area contributed by atoms with Gasteiger partial charge in [-0.15, -0.1) is 6.42 Å². The number of hydrogen-bond donors (Lipinski definition) is 1. The van der Waals surface area contributed by atoms with Crippen LogP contribution in [-0.2, 0) is 0 Å². The summed E-state index contributed by atoms with van der Waals surface area (Å²) < 4.78 is 13.3. The maximum absolute atomic E-state index is 13.3. The van der Waals surface area contributed by atoms with Gasteiger partial charge in [-0.05, 0) is 44.9 Å². The normalized spacial score (nSPS) is 15.3. The minimum Gasteiger partial charge on any atom is -0.268 e. The second-order valence-corrected chi connectivity index (χ2v) is 5.61. The highest BCUT2D eigenvalue weighted by molar-refractivity contribution is 5.94. The molecular formula is C16H19FN2O. The van der Waals surface area contributed by atoms with Crippen molar-refractivity contribution in [2.75, 3.05) is 0 Å². The average Bonchev–Trinajstić information content (AvgIpc) is 2.36. The molecule has 1 aliphatic carbocycles. The minimum atomic E-state index is -0.779. The monoisotopic (exact) mass is 274 g/mol. The fourth-order valence-corrected chi connectivity index (χ4v) is 2.01. The SMILES string of the molecule is C#CC(C)(C)N(NC1CCC1)C(=O)c1cccc(F)c1. The molecule has 3 nitrogen and oxygen atoms in total. The van der Waals surface area contributed by atoms with Crippen molar-refractivity contribution in [3.8, 4) is 12.3 Å². The lowest BCUT2D eigenvalue weighted by Crippen LogP contribution is -2.59. The zero-order valence-corrected chi connectivity index (χ0v) is 11.8. The Morgan fingerprint density at radius 2 is 2.20 bits per heavy atom. The number of rotatable bonds is 4. The number of nitrogens with one attached hydrogen (secondary N) is 1. The summed E-state index contributed by atoms with van der Waals surface area (Å²) in [6.45, 7) is 3.58. The first-order valence-corrected chi connectivity index (χ1v) is 6.78. The molecular weight excluding hydrogens is 255 g/mol. The molecule has 0 aromatic heterocycles. The molecule has 1 fully saturated rings. The topological polar surface area (TPSA) is 32.3 Å². The third-order valence-corrected chi connectivity index (χ3v) is 3.60. The highest BCUT2D eigenvalue weighted by Gasteiger charge is 2.33. The van der Waals surface area contributed by atoms with E-state index < -0.39 is 11.4 Å². The van der Waals surface area contributed by atoms with Gasteiger partial charge in [0.15, 0.2) is 0 Å². The predicted octanol–water partition coefficient (Wildman–Crippen LogP) is 2.74. The summed E-state index contributed by atoms with van der Waals surface area (Å²) in [6, 6.07) is 5.91. The fraction of sp³-hybridized carbons (Fsp3) is 0.438. The van der Waals surface area contributed by atoms with Crippen LogP contribution in [0.2, 0.25) is 0 Å². The summed E-state index contributed by atoms with van der Waals surface area (Å²) >= 11 is 0. The molecule has 1 amide bonds. The molecule has 0 aliphatic heterocycles. The first kappa shape index (κ1) is 14.5. The van der Waals surface area contributed by atoms with Gasteiger partial charge in [0, 0.05) is 11.6 Å². The van der Waals surface area contributed by atoms with E-state index in [9.17, 15) is 9.18 Å². The van der Waals surface area contributed by atoms with Gasteiger partial charge in [-0.1, -0.05) is 18.4 Å². The standard InChI is InChI=1S/C16H19FN2O/c1-4-16(2,3)19(18-14-9-6-10-14)15(20)12-7-5-8-13(17)11-12/h1,5,7-8,11,14,18H,6,9-10H2,2-3H3. The van der Waals surface area contributed by atoms with Crippen LogP contribution < -0.4 is 5.43 Å². The van der Waals surface area contributed by atoms with E-state index in [0.29, 0.717) is 5.56 Å². The molecule has 0 bridgehead atoms. The van der Waals surface area contributed by atoms with Gasteiger partial charge >= 0.3 is 0 Å². The maximum Gasteiger partial charge on any atom is 0.269 e. The molecule has 1 N–H and O–H groups in total. The molecule has 0 saturated heterocycles. The van der Waals surface area contributed by atoms with Crippen LogP contribution in [0.1, 0.15) is 43.5 Å². The number of hydrogen-bond acceptors (Lipinski definition) is 2. The third-order valence-electron chi connectivity index (χ3n) is 3.60. The van der Waals surface area contributed by atoms with Gasteiger partial charge in [-0.25, -0.2) is 9.82 Å². The Hall–Kier alpha value is -1.86. The molecule has 1 aromatic rings. The fourth-order valence-electron chi connectivity index (χ4n) is 2.01. The van der Waals surface area contributed by atoms with Crippen LogP contribution in [-0.4, -0.2) is 22.5 Å². The third kappa shape index (κ3) is 3.00. The van der Waals surface area contributed by atoms with Crippen molar-refractivity contribution in [3.05, 3.63) is 35.6 Å². The summed E-state index contributed by atoms with van der Waals surface area (Å²) in [4.78, 5) is 12.6. The quantitative estimate of drug-likeness (QED) is 0.676. The van der Waals surface area contributed by atoms with Crippen LogP contribution >= 0.6 is 0 Å². The highest BCUT2D eigenvalue weighted by Crippen LogP contribution is 2.22. The molecule has 0 atom stereocenters. The van der Waals surface area contributed by atoms with Crippen molar-refractivity contribution in [1.82, 2.24) is 10.4 Å². The molecule has 1 aliphatic rings. The van der Waals surface area contributed by atoms with Crippen LogP contribution in [0, 0.1) is 18.2 Å². The molecule has 106 valence electrons. The Morgan fingerprint density at radius 1 is 1.50 bits per heavy atom. The van der Waals surface area contributed by atoms with Crippen LogP contribution in [0.3, 0.4) is 0 Å².